The molecule has 1 aromatic heterocycles. The smallest absolute Gasteiger partial charge is 0.165 e. The number of carbonyl (C=O) groups is 1. The monoisotopic (exact) mass is 216 g/mol. The summed E-state index contributed by atoms with van der Waals surface area (Å²) in [5.41, 5.74) is 1.66. The third-order valence-electron chi connectivity index (χ3n) is 2.22. The molecule has 0 aliphatic rings. The maximum Gasteiger partial charge on any atom is 0.165 e. The first-order chi connectivity index (χ1) is 7.71. The van der Waals surface area contributed by atoms with E-state index in [1.54, 1.807) is 29.2 Å². The SMILES string of the molecule is C=C/C=C(\C=C)Cn1cc(C(=O)CC)cn1. The maximum atomic E-state index is 11.4. The largest absolute Gasteiger partial charge is 0.294 e. The lowest BCUT2D eigenvalue weighted by molar-refractivity contribution is 0.0988. The molecule has 0 saturated heterocycles. The molecule has 0 atom stereocenters. The number of aromatic nitrogens is 2. The molecule has 0 aromatic carbocycles. The minimum atomic E-state index is 0.110. The molecule has 0 N–H and O–H groups in total. The van der Waals surface area contributed by atoms with Gasteiger partial charge in [0.1, 0.15) is 0 Å². The second kappa shape index (κ2) is 5.85. The zero-order valence-corrected chi connectivity index (χ0v) is 9.52. The summed E-state index contributed by atoms with van der Waals surface area (Å²) >= 11 is 0. The van der Waals surface area contributed by atoms with Crippen LogP contribution < -0.4 is 0 Å². The highest BCUT2D eigenvalue weighted by atomic mass is 16.1. The van der Waals surface area contributed by atoms with E-state index >= 15 is 0 Å². The van der Waals surface area contributed by atoms with E-state index in [4.69, 9.17) is 0 Å². The van der Waals surface area contributed by atoms with Crippen molar-refractivity contribution >= 4 is 5.78 Å². The molecule has 0 spiro atoms. The van der Waals surface area contributed by atoms with Crippen molar-refractivity contribution in [1.82, 2.24) is 9.78 Å². The van der Waals surface area contributed by atoms with Crippen molar-refractivity contribution in [3.8, 4) is 0 Å². The summed E-state index contributed by atoms with van der Waals surface area (Å²) in [6, 6.07) is 0. The zero-order valence-electron chi connectivity index (χ0n) is 9.52. The molecule has 0 amide bonds. The molecule has 3 heteroatoms. The fourth-order valence-corrected chi connectivity index (χ4v) is 1.32. The quantitative estimate of drug-likeness (QED) is 0.541. The van der Waals surface area contributed by atoms with E-state index in [0.29, 0.717) is 18.5 Å². The summed E-state index contributed by atoms with van der Waals surface area (Å²) in [6.07, 6.45) is 9.19. The third kappa shape index (κ3) is 3.05. The second-order valence-corrected chi connectivity index (χ2v) is 3.38. The highest BCUT2D eigenvalue weighted by Gasteiger charge is 2.06. The Labute approximate surface area is 95.8 Å². The number of nitrogens with zero attached hydrogens (tertiary/aromatic N) is 2. The maximum absolute atomic E-state index is 11.4. The Morgan fingerprint density at radius 2 is 2.31 bits per heavy atom. The van der Waals surface area contributed by atoms with Gasteiger partial charge in [-0.05, 0) is 5.57 Å². The number of allylic oxidation sites excluding steroid dienone is 4. The Hall–Kier alpha value is -1.90. The van der Waals surface area contributed by atoms with Crippen LogP contribution in [0.2, 0.25) is 0 Å². The van der Waals surface area contributed by atoms with Gasteiger partial charge in [0.25, 0.3) is 0 Å². The van der Waals surface area contributed by atoms with Crippen LogP contribution in [-0.4, -0.2) is 15.6 Å². The van der Waals surface area contributed by atoms with Gasteiger partial charge in [0.15, 0.2) is 5.78 Å². The summed E-state index contributed by atoms with van der Waals surface area (Å²) in [5.74, 6) is 0.110. The number of hydrogen-bond acceptors (Lipinski definition) is 2. The lowest BCUT2D eigenvalue weighted by atomic mass is 10.2. The summed E-state index contributed by atoms with van der Waals surface area (Å²) in [6.45, 7) is 9.78. The molecule has 16 heavy (non-hydrogen) atoms. The van der Waals surface area contributed by atoms with Gasteiger partial charge >= 0.3 is 0 Å². The molecule has 1 aromatic rings. The molecule has 0 fully saturated rings. The Balaban J connectivity index is 2.79. The summed E-state index contributed by atoms with van der Waals surface area (Å²) in [5, 5.41) is 4.13. The summed E-state index contributed by atoms with van der Waals surface area (Å²) in [4.78, 5) is 11.4. The fourth-order valence-electron chi connectivity index (χ4n) is 1.32. The predicted octanol–water partition coefficient (Wildman–Crippen LogP) is 2.77. The van der Waals surface area contributed by atoms with Gasteiger partial charge in [-0.15, -0.1) is 0 Å². The average molecular weight is 216 g/mol. The Morgan fingerprint density at radius 1 is 1.56 bits per heavy atom. The van der Waals surface area contributed by atoms with Gasteiger partial charge < -0.3 is 0 Å². The van der Waals surface area contributed by atoms with Gasteiger partial charge in [-0.3, -0.25) is 9.48 Å². The molecule has 0 saturated carbocycles. The minimum absolute atomic E-state index is 0.110. The number of ketones is 1. The lowest BCUT2D eigenvalue weighted by Crippen LogP contribution is -2.00. The Morgan fingerprint density at radius 3 is 2.88 bits per heavy atom. The molecule has 0 aliphatic carbocycles. The Kier molecular flexibility index (Phi) is 4.45. The molecule has 0 aliphatic heterocycles. The van der Waals surface area contributed by atoms with Crippen molar-refractivity contribution in [3.05, 3.63) is 54.9 Å². The van der Waals surface area contributed by atoms with Crippen molar-refractivity contribution in [2.24, 2.45) is 0 Å². The van der Waals surface area contributed by atoms with E-state index in [-0.39, 0.29) is 5.78 Å². The van der Waals surface area contributed by atoms with Crippen LogP contribution >= 0.6 is 0 Å². The molecule has 3 nitrogen and oxygen atoms in total. The van der Waals surface area contributed by atoms with Crippen molar-refractivity contribution in [3.63, 3.8) is 0 Å². The number of carbonyl (C=O) groups excluding carboxylic acids is 1. The molecule has 1 rings (SSSR count). The molecule has 0 radical (unpaired) electrons. The van der Waals surface area contributed by atoms with Gasteiger partial charge in [-0.2, -0.15) is 5.10 Å². The zero-order chi connectivity index (χ0) is 12.0. The van der Waals surface area contributed by atoms with Crippen LogP contribution in [0.1, 0.15) is 23.7 Å². The van der Waals surface area contributed by atoms with E-state index in [9.17, 15) is 4.79 Å². The van der Waals surface area contributed by atoms with Crippen molar-refractivity contribution < 1.29 is 4.79 Å². The number of Topliss-reactive ketones (excluding diaryl/α,β-unsaturated/α-hetero) is 1. The van der Waals surface area contributed by atoms with Crippen LogP contribution in [0.5, 0.6) is 0 Å². The Bertz CT molecular complexity index is 427. The highest BCUT2D eigenvalue weighted by Crippen LogP contribution is 2.05. The number of hydrogen-bond donors (Lipinski definition) is 0. The van der Waals surface area contributed by atoms with E-state index in [1.165, 1.54) is 0 Å². The van der Waals surface area contributed by atoms with Gasteiger partial charge in [-0.25, -0.2) is 0 Å². The molecular formula is C13H16N2O. The summed E-state index contributed by atoms with van der Waals surface area (Å²) in [7, 11) is 0. The normalized spacial score (nSPS) is 11.2. The van der Waals surface area contributed by atoms with Crippen molar-refractivity contribution in [2.75, 3.05) is 0 Å². The second-order valence-electron chi connectivity index (χ2n) is 3.38. The third-order valence-corrected chi connectivity index (χ3v) is 2.22. The van der Waals surface area contributed by atoms with Crippen LogP contribution in [0, 0.1) is 0 Å². The molecule has 0 bridgehead atoms. The van der Waals surface area contributed by atoms with E-state index in [2.05, 4.69) is 18.3 Å². The standard InChI is InChI=1S/C13H16N2O/c1-4-7-11(5-2)9-15-10-12(8-14-15)13(16)6-3/h4-5,7-8,10H,1-2,6,9H2,3H3/b11-7+. The van der Waals surface area contributed by atoms with Crippen LogP contribution in [0.4, 0.5) is 0 Å². The van der Waals surface area contributed by atoms with Crippen LogP contribution in [0.3, 0.4) is 0 Å². The van der Waals surface area contributed by atoms with Gasteiger partial charge in [0.2, 0.25) is 0 Å². The summed E-state index contributed by atoms with van der Waals surface area (Å²) < 4.78 is 1.72. The van der Waals surface area contributed by atoms with Crippen LogP contribution in [0.25, 0.3) is 0 Å². The average Bonchev–Trinajstić information content (AvgIpc) is 2.76. The van der Waals surface area contributed by atoms with Crippen LogP contribution in [0.15, 0.2) is 49.4 Å². The molecular weight excluding hydrogens is 200 g/mol. The van der Waals surface area contributed by atoms with E-state index in [1.807, 2.05) is 13.0 Å². The highest BCUT2D eigenvalue weighted by molar-refractivity contribution is 5.95. The first-order valence-electron chi connectivity index (χ1n) is 5.21. The van der Waals surface area contributed by atoms with E-state index in [0.717, 1.165) is 5.57 Å². The first kappa shape index (κ1) is 12.2. The van der Waals surface area contributed by atoms with Crippen molar-refractivity contribution in [1.29, 1.82) is 0 Å². The lowest BCUT2D eigenvalue weighted by Gasteiger charge is -2.00. The topological polar surface area (TPSA) is 34.9 Å². The molecule has 84 valence electrons. The number of rotatable bonds is 6. The molecule has 0 unspecified atom stereocenters. The van der Waals surface area contributed by atoms with Gasteiger partial charge in [0.05, 0.1) is 18.3 Å². The van der Waals surface area contributed by atoms with Gasteiger partial charge in [-0.1, -0.05) is 38.3 Å². The first-order valence-corrected chi connectivity index (χ1v) is 5.21. The van der Waals surface area contributed by atoms with E-state index < -0.39 is 0 Å². The predicted molar refractivity (Wildman–Crippen MR) is 65.3 cm³/mol. The van der Waals surface area contributed by atoms with Gasteiger partial charge in [0, 0.05) is 12.6 Å². The molecule has 1 heterocycles. The van der Waals surface area contributed by atoms with Crippen molar-refractivity contribution in [2.45, 2.75) is 19.9 Å². The fraction of sp³-hybridized carbons (Fsp3) is 0.231. The minimum Gasteiger partial charge on any atom is -0.294 e. The van der Waals surface area contributed by atoms with Crippen LogP contribution in [-0.2, 0) is 6.54 Å².